The fraction of sp³-hybridized carbons (Fsp3) is 0.375. The highest BCUT2D eigenvalue weighted by atomic mass is 79.9. The van der Waals surface area contributed by atoms with Crippen molar-refractivity contribution < 1.29 is 22.8 Å². The van der Waals surface area contributed by atoms with Gasteiger partial charge < -0.3 is 4.74 Å². The number of alkyl halides is 4. The van der Waals surface area contributed by atoms with Crippen LogP contribution in [0.2, 0.25) is 0 Å². The summed E-state index contributed by atoms with van der Waals surface area (Å²) in [6.45, 7) is 1.42. The predicted molar refractivity (Wildman–Crippen MR) is 54.9 cm³/mol. The van der Waals surface area contributed by atoms with Gasteiger partial charge in [-0.3, -0.25) is 10.1 Å². The molecule has 0 aliphatic rings. The molecule has 5 nitrogen and oxygen atoms in total. The molecule has 0 aliphatic carbocycles. The van der Waals surface area contributed by atoms with Crippen LogP contribution in [0.15, 0.2) is 6.07 Å². The van der Waals surface area contributed by atoms with E-state index in [0.29, 0.717) is 0 Å². The zero-order valence-electron chi connectivity index (χ0n) is 8.42. The van der Waals surface area contributed by atoms with Crippen molar-refractivity contribution in [2.24, 2.45) is 0 Å². The lowest BCUT2D eigenvalue weighted by Crippen LogP contribution is -2.18. The molecule has 0 N–H and O–H groups in total. The van der Waals surface area contributed by atoms with Crippen molar-refractivity contribution in [3.05, 3.63) is 27.6 Å². The van der Waals surface area contributed by atoms with Gasteiger partial charge in [0.1, 0.15) is 5.69 Å². The Bertz CT molecular complexity index is 450. The van der Waals surface area contributed by atoms with Crippen LogP contribution in [0.1, 0.15) is 11.4 Å². The van der Waals surface area contributed by atoms with Crippen molar-refractivity contribution in [2.75, 3.05) is 0 Å². The number of aryl methyl sites for hydroxylation is 1. The standard InChI is InChI=1S/C8H6BrF3N2O3/c1-4-2-6(17-8(10,11)12)7(14(15)16)5(3-9)13-4/h2H,3H2,1H3. The summed E-state index contributed by atoms with van der Waals surface area (Å²) in [6, 6.07) is 0.873. The van der Waals surface area contributed by atoms with Gasteiger partial charge in [-0.1, -0.05) is 15.9 Å². The minimum Gasteiger partial charge on any atom is -0.398 e. The molecule has 1 rings (SSSR count). The van der Waals surface area contributed by atoms with E-state index >= 15 is 0 Å². The molecule has 0 amide bonds. The first-order chi connectivity index (χ1) is 7.74. The molecular formula is C8H6BrF3N2O3. The molecule has 17 heavy (non-hydrogen) atoms. The summed E-state index contributed by atoms with van der Waals surface area (Å²) in [4.78, 5) is 13.5. The van der Waals surface area contributed by atoms with Crippen molar-refractivity contribution in [2.45, 2.75) is 18.6 Å². The van der Waals surface area contributed by atoms with Crippen molar-refractivity contribution >= 4 is 21.6 Å². The topological polar surface area (TPSA) is 65.3 Å². The van der Waals surface area contributed by atoms with Crippen molar-refractivity contribution in [1.82, 2.24) is 4.98 Å². The van der Waals surface area contributed by atoms with Crippen molar-refractivity contribution in [3.8, 4) is 5.75 Å². The second-order valence-corrected chi connectivity index (χ2v) is 3.56. The lowest BCUT2D eigenvalue weighted by atomic mass is 10.2. The second kappa shape index (κ2) is 4.86. The van der Waals surface area contributed by atoms with E-state index in [-0.39, 0.29) is 16.7 Å². The Balaban J connectivity index is 3.35. The van der Waals surface area contributed by atoms with E-state index in [9.17, 15) is 23.3 Å². The molecule has 0 radical (unpaired) electrons. The molecule has 0 atom stereocenters. The van der Waals surface area contributed by atoms with Gasteiger partial charge in [-0.05, 0) is 6.92 Å². The maximum Gasteiger partial charge on any atom is 0.573 e. The Morgan fingerprint density at radius 1 is 1.59 bits per heavy atom. The highest BCUT2D eigenvalue weighted by Gasteiger charge is 2.36. The summed E-state index contributed by atoms with van der Waals surface area (Å²) in [7, 11) is 0. The van der Waals surface area contributed by atoms with Gasteiger partial charge in [-0.25, -0.2) is 4.98 Å². The van der Waals surface area contributed by atoms with Gasteiger partial charge in [0.15, 0.2) is 0 Å². The lowest BCUT2D eigenvalue weighted by Gasteiger charge is -2.11. The number of hydrogen-bond donors (Lipinski definition) is 0. The smallest absolute Gasteiger partial charge is 0.398 e. The van der Waals surface area contributed by atoms with E-state index in [2.05, 4.69) is 25.7 Å². The molecule has 9 heteroatoms. The molecule has 0 unspecified atom stereocenters. The Labute approximate surface area is 102 Å². The van der Waals surface area contributed by atoms with Gasteiger partial charge in [0.25, 0.3) is 0 Å². The first kappa shape index (κ1) is 13.7. The minimum absolute atomic E-state index is 0.0424. The van der Waals surface area contributed by atoms with E-state index in [0.717, 1.165) is 6.07 Å². The Morgan fingerprint density at radius 3 is 2.59 bits per heavy atom. The number of nitrogens with zero attached hydrogens (tertiary/aromatic N) is 2. The first-order valence-electron chi connectivity index (χ1n) is 4.21. The molecule has 0 saturated heterocycles. The molecule has 1 heterocycles. The molecular weight excluding hydrogens is 309 g/mol. The summed E-state index contributed by atoms with van der Waals surface area (Å²) in [6.07, 6.45) is -4.98. The maximum absolute atomic E-state index is 12.1. The molecule has 94 valence electrons. The van der Waals surface area contributed by atoms with Crippen molar-refractivity contribution in [1.29, 1.82) is 0 Å². The monoisotopic (exact) mass is 314 g/mol. The van der Waals surface area contributed by atoms with Crippen LogP contribution in [0, 0.1) is 17.0 Å². The summed E-state index contributed by atoms with van der Waals surface area (Å²) < 4.78 is 39.8. The molecule has 1 aromatic rings. The van der Waals surface area contributed by atoms with Crippen LogP contribution in [-0.2, 0) is 5.33 Å². The van der Waals surface area contributed by atoms with Crippen LogP contribution < -0.4 is 4.74 Å². The largest absolute Gasteiger partial charge is 0.573 e. The third kappa shape index (κ3) is 3.55. The second-order valence-electron chi connectivity index (χ2n) is 3.00. The quantitative estimate of drug-likeness (QED) is 0.488. The predicted octanol–water partition coefficient (Wildman–Crippen LogP) is 3.09. The van der Waals surface area contributed by atoms with E-state index in [1.54, 1.807) is 0 Å². The number of aromatic nitrogens is 1. The van der Waals surface area contributed by atoms with Crippen LogP contribution in [-0.4, -0.2) is 16.3 Å². The Morgan fingerprint density at radius 2 is 2.18 bits per heavy atom. The van der Waals surface area contributed by atoms with Gasteiger partial charge in [0.2, 0.25) is 5.75 Å². The molecule has 0 aliphatic heterocycles. The van der Waals surface area contributed by atoms with Crippen LogP contribution in [0.3, 0.4) is 0 Å². The van der Waals surface area contributed by atoms with E-state index in [1.165, 1.54) is 6.92 Å². The number of nitro groups is 1. The molecule has 0 saturated carbocycles. The average Bonchev–Trinajstić information content (AvgIpc) is 2.12. The molecule has 0 bridgehead atoms. The highest BCUT2D eigenvalue weighted by Crippen LogP contribution is 2.35. The van der Waals surface area contributed by atoms with Crippen molar-refractivity contribution in [3.63, 3.8) is 0 Å². The number of ether oxygens (including phenoxy) is 1. The Hall–Kier alpha value is -1.38. The molecule has 0 aromatic carbocycles. The fourth-order valence-electron chi connectivity index (χ4n) is 1.19. The summed E-state index contributed by atoms with van der Waals surface area (Å²) in [5.74, 6) is -0.857. The molecule has 0 fully saturated rings. The van der Waals surface area contributed by atoms with Gasteiger partial charge in [-0.15, -0.1) is 13.2 Å². The van der Waals surface area contributed by atoms with Crippen LogP contribution in [0.25, 0.3) is 0 Å². The van der Waals surface area contributed by atoms with E-state index < -0.39 is 22.7 Å². The first-order valence-corrected chi connectivity index (χ1v) is 5.33. The number of halogens is 4. The van der Waals surface area contributed by atoms with Gasteiger partial charge >= 0.3 is 12.0 Å². The van der Waals surface area contributed by atoms with E-state index in [1.807, 2.05) is 0 Å². The summed E-state index contributed by atoms with van der Waals surface area (Å²) in [5, 5.41) is 10.7. The minimum atomic E-state index is -4.98. The zero-order chi connectivity index (χ0) is 13.2. The number of hydrogen-bond acceptors (Lipinski definition) is 4. The Kier molecular flexibility index (Phi) is 3.91. The summed E-state index contributed by atoms with van der Waals surface area (Å²) >= 11 is 2.92. The summed E-state index contributed by atoms with van der Waals surface area (Å²) in [5.41, 5.74) is -0.705. The third-order valence-corrected chi connectivity index (χ3v) is 2.22. The zero-order valence-corrected chi connectivity index (χ0v) is 10.0. The number of rotatable bonds is 3. The van der Waals surface area contributed by atoms with Crippen LogP contribution in [0.4, 0.5) is 18.9 Å². The van der Waals surface area contributed by atoms with Gasteiger partial charge in [0, 0.05) is 11.8 Å². The fourth-order valence-corrected chi connectivity index (χ4v) is 1.58. The molecule has 1 aromatic heterocycles. The van der Waals surface area contributed by atoms with Crippen LogP contribution in [0.5, 0.6) is 5.75 Å². The van der Waals surface area contributed by atoms with Gasteiger partial charge in [-0.2, -0.15) is 0 Å². The maximum atomic E-state index is 12.1. The SMILES string of the molecule is Cc1cc(OC(F)(F)F)c([N+](=O)[O-])c(CBr)n1. The normalized spacial score (nSPS) is 11.4. The third-order valence-electron chi connectivity index (χ3n) is 1.69. The van der Waals surface area contributed by atoms with Gasteiger partial charge in [0.05, 0.1) is 10.3 Å². The van der Waals surface area contributed by atoms with Crippen LogP contribution >= 0.6 is 15.9 Å². The highest BCUT2D eigenvalue weighted by molar-refractivity contribution is 9.08. The molecule has 0 spiro atoms. The lowest BCUT2D eigenvalue weighted by molar-refractivity contribution is -0.389. The average molecular weight is 315 g/mol. The number of pyridine rings is 1. The van der Waals surface area contributed by atoms with E-state index in [4.69, 9.17) is 0 Å².